The Labute approximate surface area is 109 Å². The molecule has 0 spiro atoms. The number of nitrogen functional groups attached to an aromatic ring is 1. The van der Waals surface area contributed by atoms with E-state index >= 15 is 0 Å². The summed E-state index contributed by atoms with van der Waals surface area (Å²) >= 11 is 0. The van der Waals surface area contributed by atoms with Gasteiger partial charge in [-0.2, -0.15) is 16.8 Å². The van der Waals surface area contributed by atoms with Crippen LogP contribution in [0.2, 0.25) is 0 Å². The molecule has 0 aromatic heterocycles. The molecule has 2 rings (SSSR count). The van der Waals surface area contributed by atoms with Crippen LogP contribution in [-0.4, -0.2) is 25.9 Å². The van der Waals surface area contributed by atoms with Crippen LogP contribution in [0, 0.1) is 0 Å². The Bertz CT molecular complexity index is 870. The van der Waals surface area contributed by atoms with Crippen LogP contribution in [0.4, 0.5) is 5.69 Å². The van der Waals surface area contributed by atoms with Crippen molar-refractivity contribution in [1.29, 1.82) is 0 Å². The van der Waals surface area contributed by atoms with Gasteiger partial charge in [0.25, 0.3) is 20.2 Å². The third-order valence-corrected chi connectivity index (χ3v) is 4.28. The Balaban J connectivity index is 2.80. The molecule has 0 amide bonds. The van der Waals surface area contributed by atoms with Crippen LogP contribution < -0.4 is 5.73 Å². The lowest BCUT2D eigenvalue weighted by molar-refractivity contribution is 0.481. The van der Waals surface area contributed by atoms with E-state index in [0.717, 1.165) is 18.2 Å². The first kappa shape index (κ1) is 13.7. The van der Waals surface area contributed by atoms with Gasteiger partial charge in [-0.1, -0.05) is 6.07 Å². The Morgan fingerprint density at radius 2 is 1.47 bits per heavy atom. The van der Waals surface area contributed by atoms with Crippen LogP contribution in [0.15, 0.2) is 40.1 Å². The predicted octanol–water partition coefficient (Wildman–Crippen LogP) is 0.915. The smallest absolute Gasteiger partial charge is 0.296 e. The molecule has 0 heterocycles. The molecule has 7 nitrogen and oxygen atoms in total. The highest BCUT2D eigenvalue weighted by Crippen LogP contribution is 2.27. The van der Waals surface area contributed by atoms with Crippen molar-refractivity contribution in [3.8, 4) is 0 Å². The molecule has 0 bridgehead atoms. The van der Waals surface area contributed by atoms with Crippen molar-refractivity contribution in [3.63, 3.8) is 0 Å². The fourth-order valence-electron chi connectivity index (χ4n) is 1.66. The molecule has 0 aliphatic heterocycles. The van der Waals surface area contributed by atoms with Gasteiger partial charge in [-0.05, 0) is 35.0 Å². The molecule has 0 saturated carbocycles. The molecule has 2 aromatic carbocycles. The number of hydrogen-bond acceptors (Lipinski definition) is 5. The molecule has 0 aliphatic rings. The predicted molar refractivity (Wildman–Crippen MR) is 68.0 cm³/mol. The van der Waals surface area contributed by atoms with E-state index in [0.29, 0.717) is 10.8 Å². The summed E-state index contributed by atoms with van der Waals surface area (Å²) in [7, 11) is -8.81. The van der Waals surface area contributed by atoms with Gasteiger partial charge in [0.2, 0.25) is 0 Å². The minimum absolute atomic E-state index is 0.220. The first-order valence-electron chi connectivity index (χ1n) is 4.87. The molecule has 19 heavy (non-hydrogen) atoms. The highest BCUT2D eigenvalue weighted by molar-refractivity contribution is 7.86. The number of rotatable bonds is 2. The molecule has 0 aliphatic carbocycles. The molecule has 0 unspecified atom stereocenters. The molecule has 0 saturated heterocycles. The lowest BCUT2D eigenvalue weighted by atomic mass is 10.1. The zero-order valence-electron chi connectivity index (χ0n) is 9.31. The number of anilines is 1. The topological polar surface area (TPSA) is 135 Å². The standard InChI is InChI=1S/C10H9NO6S2/c11-9-4-7-3-8(18(12,13)14)2-1-6(7)5-10(9)19(15,16)17/h1-5H,11H2,(H,12,13,14)(H,15,16,17). The summed E-state index contributed by atoms with van der Waals surface area (Å²) in [5.41, 5.74) is 5.26. The summed E-state index contributed by atoms with van der Waals surface area (Å²) in [5.74, 6) is 0. The molecule has 0 fully saturated rings. The van der Waals surface area contributed by atoms with E-state index in [2.05, 4.69) is 0 Å². The minimum atomic E-state index is -4.46. The molecule has 4 N–H and O–H groups in total. The van der Waals surface area contributed by atoms with Gasteiger partial charge in [0.1, 0.15) is 4.90 Å². The second-order valence-electron chi connectivity index (χ2n) is 3.85. The van der Waals surface area contributed by atoms with E-state index in [-0.39, 0.29) is 10.6 Å². The lowest BCUT2D eigenvalue weighted by Gasteiger charge is -2.06. The molecular formula is C10H9NO6S2. The Kier molecular flexibility index (Phi) is 3.01. The van der Waals surface area contributed by atoms with E-state index in [1.807, 2.05) is 0 Å². The maximum Gasteiger partial charge on any atom is 0.296 e. The summed E-state index contributed by atoms with van der Waals surface area (Å²) < 4.78 is 62.0. The molecule has 2 aromatic rings. The third kappa shape index (κ3) is 2.68. The fraction of sp³-hybridized carbons (Fsp3) is 0. The van der Waals surface area contributed by atoms with E-state index in [9.17, 15) is 16.8 Å². The zero-order chi connectivity index (χ0) is 14.4. The molecule has 102 valence electrons. The van der Waals surface area contributed by atoms with Gasteiger partial charge in [0.05, 0.1) is 10.6 Å². The summed E-state index contributed by atoms with van der Waals surface area (Å²) in [4.78, 5) is -0.793. The zero-order valence-corrected chi connectivity index (χ0v) is 10.9. The van der Waals surface area contributed by atoms with Crippen LogP contribution >= 0.6 is 0 Å². The highest BCUT2D eigenvalue weighted by Gasteiger charge is 2.16. The average Bonchev–Trinajstić information content (AvgIpc) is 2.24. The normalized spacial score (nSPS) is 12.7. The van der Waals surface area contributed by atoms with Gasteiger partial charge in [-0.25, -0.2) is 0 Å². The summed E-state index contributed by atoms with van der Waals surface area (Å²) in [5, 5.41) is 0.675. The van der Waals surface area contributed by atoms with Gasteiger partial charge in [-0.3, -0.25) is 9.11 Å². The molecule has 0 radical (unpaired) electrons. The third-order valence-electron chi connectivity index (χ3n) is 2.52. The monoisotopic (exact) mass is 303 g/mol. The van der Waals surface area contributed by atoms with Gasteiger partial charge < -0.3 is 5.73 Å². The minimum Gasteiger partial charge on any atom is -0.398 e. The molecule has 0 atom stereocenters. The Hall–Kier alpha value is -1.68. The quantitative estimate of drug-likeness (QED) is 0.554. The van der Waals surface area contributed by atoms with Gasteiger partial charge >= 0.3 is 0 Å². The number of fused-ring (bicyclic) bond motifs is 1. The van der Waals surface area contributed by atoms with Crippen LogP contribution in [0.5, 0.6) is 0 Å². The highest BCUT2D eigenvalue weighted by atomic mass is 32.2. The first-order valence-corrected chi connectivity index (χ1v) is 7.75. The van der Waals surface area contributed by atoms with E-state index in [1.165, 1.54) is 12.1 Å². The SMILES string of the molecule is Nc1cc2cc(S(=O)(=O)O)ccc2cc1S(=O)(=O)O. The molecule has 9 heteroatoms. The van der Waals surface area contributed by atoms with Crippen molar-refractivity contribution >= 4 is 36.7 Å². The van der Waals surface area contributed by atoms with E-state index < -0.39 is 25.1 Å². The van der Waals surface area contributed by atoms with Gasteiger partial charge in [0, 0.05) is 0 Å². The van der Waals surface area contributed by atoms with Crippen molar-refractivity contribution < 1.29 is 25.9 Å². The lowest BCUT2D eigenvalue weighted by Crippen LogP contribution is -2.03. The average molecular weight is 303 g/mol. The van der Waals surface area contributed by atoms with Crippen LogP contribution in [0.25, 0.3) is 10.8 Å². The Morgan fingerprint density at radius 3 is 2.00 bits per heavy atom. The molecular weight excluding hydrogens is 294 g/mol. The van der Waals surface area contributed by atoms with Crippen molar-refractivity contribution in [2.45, 2.75) is 9.79 Å². The van der Waals surface area contributed by atoms with E-state index in [4.69, 9.17) is 14.8 Å². The number of hydrogen-bond donors (Lipinski definition) is 3. The maximum atomic E-state index is 11.1. The summed E-state index contributed by atoms with van der Waals surface area (Å²) in [6.07, 6.45) is 0. The maximum absolute atomic E-state index is 11.1. The van der Waals surface area contributed by atoms with Crippen LogP contribution in [0.1, 0.15) is 0 Å². The van der Waals surface area contributed by atoms with Crippen molar-refractivity contribution in [2.24, 2.45) is 0 Å². The van der Waals surface area contributed by atoms with Gasteiger partial charge in [0.15, 0.2) is 0 Å². The first-order chi connectivity index (χ1) is 8.59. The van der Waals surface area contributed by atoms with Crippen molar-refractivity contribution in [2.75, 3.05) is 5.73 Å². The largest absolute Gasteiger partial charge is 0.398 e. The van der Waals surface area contributed by atoms with Crippen LogP contribution in [0.3, 0.4) is 0 Å². The Morgan fingerprint density at radius 1 is 0.842 bits per heavy atom. The summed E-state index contributed by atoms with van der Waals surface area (Å²) in [6.45, 7) is 0. The van der Waals surface area contributed by atoms with Crippen molar-refractivity contribution in [3.05, 3.63) is 30.3 Å². The van der Waals surface area contributed by atoms with E-state index in [1.54, 1.807) is 0 Å². The van der Waals surface area contributed by atoms with Gasteiger partial charge in [-0.15, -0.1) is 0 Å². The summed E-state index contributed by atoms with van der Waals surface area (Å²) in [6, 6.07) is 5.88. The second-order valence-corrected chi connectivity index (χ2v) is 6.66. The van der Waals surface area contributed by atoms with Crippen molar-refractivity contribution in [1.82, 2.24) is 0 Å². The number of nitrogens with two attached hydrogens (primary N) is 1. The number of benzene rings is 2. The second kappa shape index (κ2) is 4.17. The van der Waals surface area contributed by atoms with Crippen LogP contribution in [-0.2, 0) is 20.2 Å². The fourth-order valence-corrected chi connectivity index (χ4v) is 2.80.